The molecule has 0 unspecified atom stereocenters. The Bertz CT molecular complexity index is 20.5. The molecular weight excluding hydrogens is 134 g/mol. The van der Waals surface area contributed by atoms with Gasteiger partial charge in [-0.3, -0.25) is 0 Å². The molecule has 0 spiro atoms. The first kappa shape index (κ1) is 15.9. The Balaban J connectivity index is -0.000000125. The number of unbranched alkanes of at least 4 members (excludes halogenated alkanes) is 1. The topological polar surface area (TPSA) is 12.0 Å². The van der Waals surface area contributed by atoms with E-state index in [4.69, 9.17) is 0 Å². The maximum atomic E-state index is 3.07. The molecule has 1 N–H and O–H groups in total. The maximum Gasteiger partial charge on any atom is 0 e. The van der Waals surface area contributed by atoms with Crippen molar-refractivity contribution in [3.8, 4) is 0 Å². The third-order valence-electron chi connectivity index (χ3n) is 0.780. The fourth-order valence-corrected chi connectivity index (χ4v) is 0.354. The Morgan fingerprint density at radius 1 is 1.38 bits per heavy atom. The van der Waals surface area contributed by atoms with Crippen molar-refractivity contribution in [2.45, 2.75) is 19.8 Å². The summed E-state index contributed by atoms with van der Waals surface area (Å²) >= 11 is 0. The van der Waals surface area contributed by atoms with Gasteiger partial charge in [0.1, 0.15) is 0 Å². The van der Waals surface area contributed by atoms with Gasteiger partial charge in [0.25, 0.3) is 0 Å². The van der Waals surface area contributed by atoms with E-state index in [0.29, 0.717) is 0 Å². The number of rotatable bonds is 3. The first-order valence-electron chi connectivity index (χ1n) is 2.56. The standard InChI is InChI=1S/C5H13N.CH3.Ti/c1-3-4-5-6-2;;/h6H,3-5H2,1-2H3;1H3;/q;-1;. The normalized spacial score (nSPS) is 6.75. The molecule has 0 bridgehead atoms. The minimum Gasteiger partial charge on any atom is -0.358 e. The molecular formula is C6H16NTi-. The molecule has 0 aromatic rings. The number of hydrogen-bond donors (Lipinski definition) is 1. The van der Waals surface area contributed by atoms with Crippen molar-refractivity contribution in [2.24, 2.45) is 0 Å². The van der Waals surface area contributed by atoms with Gasteiger partial charge in [-0.2, -0.15) is 0 Å². The monoisotopic (exact) mass is 150 g/mol. The molecule has 0 heterocycles. The van der Waals surface area contributed by atoms with Crippen molar-refractivity contribution in [2.75, 3.05) is 13.6 Å². The first-order valence-corrected chi connectivity index (χ1v) is 2.56. The Hall–Kier alpha value is 0.674. The van der Waals surface area contributed by atoms with Crippen LogP contribution in [-0.4, -0.2) is 13.6 Å². The summed E-state index contributed by atoms with van der Waals surface area (Å²) in [6, 6.07) is 0. The molecule has 0 saturated carbocycles. The zero-order chi connectivity index (χ0) is 4.83. The van der Waals surface area contributed by atoms with Crippen LogP contribution in [0.1, 0.15) is 19.8 Å². The van der Waals surface area contributed by atoms with Gasteiger partial charge in [0, 0.05) is 21.7 Å². The second-order valence-electron chi connectivity index (χ2n) is 1.46. The van der Waals surface area contributed by atoms with E-state index in [0.717, 1.165) is 6.54 Å². The molecule has 0 aliphatic rings. The SMILES string of the molecule is CCCCNC.[CH3-].[Ti]. The minimum atomic E-state index is 0. The van der Waals surface area contributed by atoms with Gasteiger partial charge in [-0.25, -0.2) is 0 Å². The minimum absolute atomic E-state index is 0. The van der Waals surface area contributed by atoms with Crippen molar-refractivity contribution in [3.05, 3.63) is 7.43 Å². The molecule has 0 aromatic heterocycles. The maximum absolute atomic E-state index is 3.07. The van der Waals surface area contributed by atoms with Crippen LogP contribution in [0.4, 0.5) is 0 Å². The second-order valence-corrected chi connectivity index (χ2v) is 1.46. The molecule has 0 radical (unpaired) electrons. The Morgan fingerprint density at radius 3 is 2.00 bits per heavy atom. The van der Waals surface area contributed by atoms with Gasteiger partial charge in [-0.15, -0.1) is 0 Å². The molecule has 50 valence electrons. The van der Waals surface area contributed by atoms with Crippen molar-refractivity contribution < 1.29 is 21.7 Å². The van der Waals surface area contributed by atoms with Gasteiger partial charge in [0.2, 0.25) is 0 Å². The Labute approximate surface area is 68.1 Å². The summed E-state index contributed by atoms with van der Waals surface area (Å²) in [5.41, 5.74) is 0. The number of hydrogen-bond acceptors (Lipinski definition) is 1. The van der Waals surface area contributed by atoms with E-state index in [1.165, 1.54) is 12.8 Å². The van der Waals surface area contributed by atoms with Crippen molar-refractivity contribution in [1.82, 2.24) is 5.32 Å². The first-order chi connectivity index (χ1) is 2.91. The van der Waals surface area contributed by atoms with Gasteiger partial charge in [-0.1, -0.05) is 13.3 Å². The third kappa shape index (κ3) is 15.9. The molecule has 0 aliphatic carbocycles. The van der Waals surface area contributed by atoms with E-state index in [1.807, 2.05) is 7.05 Å². The van der Waals surface area contributed by atoms with E-state index in [9.17, 15) is 0 Å². The zero-order valence-corrected chi connectivity index (χ0v) is 7.68. The molecule has 8 heavy (non-hydrogen) atoms. The molecule has 0 rings (SSSR count). The van der Waals surface area contributed by atoms with Crippen LogP contribution >= 0.6 is 0 Å². The summed E-state index contributed by atoms with van der Waals surface area (Å²) in [5.74, 6) is 0. The van der Waals surface area contributed by atoms with Gasteiger partial charge >= 0.3 is 0 Å². The molecule has 0 saturated heterocycles. The molecule has 0 aliphatic heterocycles. The summed E-state index contributed by atoms with van der Waals surface area (Å²) in [4.78, 5) is 0. The number of nitrogens with one attached hydrogen (secondary N) is 1. The summed E-state index contributed by atoms with van der Waals surface area (Å²) in [5, 5.41) is 3.07. The van der Waals surface area contributed by atoms with Crippen molar-refractivity contribution in [3.63, 3.8) is 0 Å². The Kier molecular flexibility index (Phi) is 31.0. The van der Waals surface area contributed by atoms with E-state index < -0.39 is 0 Å². The predicted octanol–water partition coefficient (Wildman–Crippen LogP) is 1.45. The summed E-state index contributed by atoms with van der Waals surface area (Å²) in [6.07, 6.45) is 2.59. The van der Waals surface area contributed by atoms with Crippen LogP contribution < -0.4 is 5.32 Å². The quantitative estimate of drug-likeness (QED) is 0.364. The second kappa shape index (κ2) is 15.6. The average Bonchev–Trinajstić information content (AvgIpc) is 1.61. The molecule has 0 amide bonds. The van der Waals surface area contributed by atoms with Crippen LogP contribution in [0.15, 0.2) is 0 Å². The Morgan fingerprint density at radius 2 is 1.88 bits per heavy atom. The molecule has 0 atom stereocenters. The largest absolute Gasteiger partial charge is 0.358 e. The van der Waals surface area contributed by atoms with Gasteiger partial charge in [-0.05, 0) is 20.0 Å². The van der Waals surface area contributed by atoms with E-state index in [1.54, 1.807) is 0 Å². The smallest absolute Gasteiger partial charge is 0 e. The molecule has 0 aromatic carbocycles. The average molecular weight is 150 g/mol. The summed E-state index contributed by atoms with van der Waals surface area (Å²) in [6.45, 7) is 3.36. The van der Waals surface area contributed by atoms with Crippen molar-refractivity contribution in [1.29, 1.82) is 0 Å². The van der Waals surface area contributed by atoms with Crippen LogP contribution in [0.3, 0.4) is 0 Å². The molecule has 1 nitrogen and oxygen atoms in total. The van der Waals surface area contributed by atoms with E-state index >= 15 is 0 Å². The fourth-order valence-electron chi connectivity index (χ4n) is 0.354. The van der Waals surface area contributed by atoms with E-state index in [2.05, 4.69) is 12.2 Å². The fraction of sp³-hybridized carbons (Fsp3) is 0.833. The van der Waals surface area contributed by atoms with Gasteiger partial charge < -0.3 is 12.7 Å². The predicted molar refractivity (Wildman–Crippen MR) is 35.2 cm³/mol. The van der Waals surface area contributed by atoms with Gasteiger partial charge in [0.05, 0.1) is 0 Å². The van der Waals surface area contributed by atoms with E-state index in [-0.39, 0.29) is 29.1 Å². The summed E-state index contributed by atoms with van der Waals surface area (Å²) in [7, 11) is 1.98. The van der Waals surface area contributed by atoms with Crippen LogP contribution in [-0.2, 0) is 21.7 Å². The van der Waals surface area contributed by atoms with Crippen LogP contribution in [0.2, 0.25) is 0 Å². The zero-order valence-electron chi connectivity index (χ0n) is 6.12. The van der Waals surface area contributed by atoms with Crippen LogP contribution in [0.5, 0.6) is 0 Å². The van der Waals surface area contributed by atoms with Crippen molar-refractivity contribution >= 4 is 0 Å². The molecule has 0 fully saturated rings. The van der Waals surface area contributed by atoms with Crippen LogP contribution in [0, 0.1) is 7.43 Å². The third-order valence-corrected chi connectivity index (χ3v) is 0.780. The molecule has 2 heteroatoms. The summed E-state index contributed by atoms with van der Waals surface area (Å²) < 4.78 is 0. The van der Waals surface area contributed by atoms with Crippen LogP contribution in [0.25, 0.3) is 0 Å². The van der Waals surface area contributed by atoms with Gasteiger partial charge in [0.15, 0.2) is 0 Å².